The van der Waals surface area contributed by atoms with Crippen LogP contribution in [0.3, 0.4) is 0 Å². The van der Waals surface area contributed by atoms with Gasteiger partial charge >= 0.3 is 0 Å². The molecule has 2 aromatic rings. The van der Waals surface area contributed by atoms with E-state index in [-0.39, 0.29) is 28.5 Å². The first-order chi connectivity index (χ1) is 14.9. The van der Waals surface area contributed by atoms with E-state index in [1.54, 1.807) is 20.8 Å². The number of nitrogens with one attached hydrogen (secondary N) is 1. The van der Waals surface area contributed by atoms with E-state index >= 15 is 0 Å². The second-order valence-corrected chi connectivity index (χ2v) is 9.76. The number of hydrogen-bond acceptors (Lipinski definition) is 6. The van der Waals surface area contributed by atoms with Gasteiger partial charge in [0, 0.05) is 28.3 Å². The summed E-state index contributed by atoms with van der Waals surface area (Å²) in [6, 6.07) is 5.28. The lowest BCUT2D eigenvalue weighted by Crippen LogP contribution is -2.41. The van der Waals surface area contributed by atoms with Gasteiger partial charge in [-0.25, -0.2) is 23.1 Å². The van der Waals surface area contributed by atoms with Crippen molar-refractivity contribution in [3.8, 4) is 6.07 Å². The molecule has 1 aromatic heterocycles. The molecule has 32 heavy (non-hydrogen) atoms. The van der Waals surface area contributed by atoms with E-state index in [4.69, 9.17) is 11.0 Å². The molecule has 2 heterocycles. The van der Waals surface area contributed by atoms with Crippen molar-refractivity contribution in [1.82, 2.24) is 4.98 Å². The summed E-state index contributed by atoms with van der Waals surface area (Å²) in [6.45, 7) is 8.44. The summed E-state index contributed by atoms with van der Waals surface area (Å²) in [6.07, 6.45) is 1.19. The molecule has 0 unspecified atom stereocenters. The van der Waals surface area contributed by atoms with Gasteiger partial charge in [-0.2, -0.15) is 5.26 Å². The number of nitrogens with zero attached hydrogens (tertiary/aromatic N) is 3. The van der Waals surface area contributed by atoms with Crippen molar-refractivity contribution in [2.45, 2.75) is 37.5 Å². The van der Waals surface area contributed by atoms with Gasteiger partial charge in [0.2, 0.25) is 0 Å². The molecule has 0 saturated carbocycles. The van der Waals surface area contributed by atoms with E-state index in [9.17, 15) is 18.0 Å². The highest BCUT2D eigenvalue weighted by Crippen LogP contribution is 2.50. The van der Waals surface area contributed by atoms with Gasteiger partial charge in [0.15, 0.2) is 16.8 Å². The summed E-state index contributed by atoms with van der Waals surface area (Å²) < 4.78 is 43.6. The summed E-state index contributed by atoms with van der Waals surface area (Å²) >= 11 is 1.19. The molecule has 0 fully saturated rings. The minimum absolute atomic E-state index is 0.00244. The summed E-state index contributed by atoms with van der Waals surface area (Å²) in [7, 11) is 0. The molecule has 3 rings (SSSR count). The number of aliphatic imine (C=N–C) groups is 1. The fourth-order valence-electron chi connectivity index (χ4n) is 3.67. The van der Waals surface area contributed by atoms with Crippen molar-refractivity contribution in [1.29, 1.82) is 5.26 Å². The molecule has 1 amide bonds. The number of anilines is 1. The van der Waals surface area contributed by atoms with E-state index in [0.29, 0.717) is 5.56 Å². The van der Waals surface area contributed by atoms with Crippen LogP contribution in [0.4, 0.5) is 18.9 Å². The van der Waals surface area contributed by atoms with Crippen LogP contribution in [0.5, 0.6) is 0 Å². The predicted octanol–water partition coefficient (Wildman–Crippen LogP) is 4.70. The molecule has 0 radical (unpaired) electrons. The lowest BCUT2D eigenvalue weighted by atomic mass is 9.80. The number of benzene rings is 1. The molecule has 0 spiro atoms. The van der Waals surface area contributed by atoms with Gasteiger partial charge in [0.05, 0.1) is 5.56 Å². The average Bonchev–Trinajstić information content (AvgIpc) is 2.68. The maximum atomic E-state index is 14.9. The third-order valence-electron chi connectivity index (χ3n) is 4.97. The van der Waals surface area contributed by atoms with Crippen LogP contribution in [0.2, 0.25) is 0 Å². The number of rotatable bonds is 4. The van der Waals surface area contributed by atoms with Crippen LogP contribution in [-0.2, 0) is 5.54 Å². The highest BCUT2D eigenvalue weighted by molar-refractivity contribution is 8.15. The van der Waals surface area contributed by atoms with Gasteiger partial charge in [-0.3, -0.25) is 4.79 Å². The van der Waals surface area contributed by atoms with Crippen LogP contribution in [-0.4, -0.2) is 20.8 Å². The average molecular weight is 459 g/mol. The first-order valence-electron chi connectivity index (χ1n) is 9.45. The number of aromatic nitrogens is 1. The number of carbonyl (C=O) groups is 1. The largest absolute Gasteiger partial charge is 0.378 e. The Hall–Kier alpha value is -3.32. The van der Waals surface area contributed by atoms with Gasteiger partial charge in [-0.15, -0.1) is 0 Å². The highest BCUT2D eigenvalue weighted by atomic mass is 32.2. The summed E-state index contributed by atoms with van der Waals surface area (Å²) in [5.41, 5.74) is 4.05. The second-order valence-electron chi connectivity index (χ2n) is 8.03. The summed E-state index contributed by atoms with van der Waals surface area (Å²) in [5.74, 6) is -4.32. The van der Waals surface area contributed by atoms with E-state index < -0.39 is 39.2 Å². The zero-order valence-electron chi connectivity index (χ0n) is 17.6. The molecule has 1 aromatic carbocycles. The number of thioether (sulfide) groups is 1. The van der Waals surface area contributed by atoms with Crippen molar-refractivity contribution in [2.24, 2.45) is 10.7 Å². The maximum Gasteiger partial charge on any atom is 0.274 e. The van der Waals surface area contributed by atoms with E-state index in [1.165, 1.54) is 24.0 Å². The number of aryl methyl sites for hydroxylation is 1. The Balaban J connectivity index is 2.08. The summed E-state index contributed by atoms with van der Waals surface area (Å²) in [4.78, 5) is 20.7. The molecule has 3 N–H and O–H groups in total. The first-order valence-corrected chi connectivity index (χ1v) is 10.3. The normalized spacial score (nSPS) is 19.6. The monoisotopic (exact) mass is 459 g/mol. The molecule has 10 heteroatoms. The van der Waals surface area contributed by atoms with Crippen LogP contribution in [0.25, 0.3) is 0 Å². The molecule has 0 aliphatic carbocycles. The number of hydrogen-bond donors (Lipinski definition) is 2. The highest BCUT2D eigenvalue weighted by Gasteiger charge is 2.47. The van der Waals surface area contributed by atoms with Crippen LogP contribution >= 0.6 is 11.8 Å². The van der Waals surface area contributed by atoms with Crippen LogP contribution in [0, 0.1) is 29.9 Å². The number of carbonyl (C=O) groups excluding carboxylic acids is 1. The van der Waals surface area contributed by atoms with Crippen molar-refractivity contribution >= 4 is 28.5 Å². The minimum Gasteiger partial charge on any atom is -0.378 e. The van der Waals surface area contributed by atoms with Crippen molar-refractivity contribution in [3.05, 3.63) is 70.8 Å². The fraction of sp³-hybridized carbons (Fsp3) is 0.273. The Labute approximate surface area is 187 Å². The fourth-order valence-corrected chi connectivity index (χ4v) is 4.72. The topological polar surface area (TPSA) is 104 Å². The van der Waals surface area contributed by atoms with Crippen molar-refractivity contribution in [2.75, 3.05) is 5.32 Å². The Morgan fingerprint density at radius 2 is 2.03 bits per heavy atom. The Morgan fingerprint density at radius 3 is 2.59 bits per heavy atom. The zero-order valence-corrected chi connectivity index (χ0v) is 18.4. The van der Waals surface area contributed by atoms with Crippen LogP contribution in [0.1, 0.15) is 47.4 Å². The number of amides is 1. The standard InChI is InChI=1S/C22H20F3N5OS/c1-11-5-13(8-26)9-28-18(11)19(31)29-14-6-15(17(25)16(24)7-14)22(12(2)23)10-21(3,4)32-20(27)30-22/h5-7,9H,2,10H2,1,3-4H3,(H2,27,30)(H,29,31)/t22-/m1/s1. The Kier molecular flexibility index (Phi) is 6.07. The smallest absolute Gasteiger partial charge is 0.274 e. The van der Waals surface area contributed by atoms with Crippen LogP contribution in [0.15, 0.2) is 41.8 Å². The van der Waals surface area contributed by atoms with Gasteiger partial charge < -0.3 is 11.1 Å². The van der Waals surface area contributed by atoms with Gasteiger partial charge in [-0.1, -0.05) is 32.2 Å². The molecule has 0 bridgehead atoms. The minimum atomic E-state index is -1.95. The number of nitrogens with two attached hydrogens (primary N) is 1. The number of pyridine rings is 1. The van der Waals surface area contributed by atoms with Gasteiger partial charge in [-0.05, 0) is 31.0 Å². The molecule has 166 valence electrons. The molecule has 1 aliphatic rings. The SMILES string of the molecule is C=C(F)[C@@]1(c2cc(NC(=O)c3ncc(C#N)cc3C)cc(F)c2F)CC(C)(C)SC(N)=N1. The number of amidine groups is 1. The number of halogens is 3. The third kappa shape index (κ3) is 4.34. The van der Waals surface area contributed by atoms with Crippen molar-refractivity contribution < 1.29 is 18.0 Å². The molecule has 6 nitrogen and oxygen atoms in total. The molecule has 1 aliphatic heterocycles. The first kappa shape index (κ1) is 23.3. The molecule has 1 atom stereocenters. The lowest BCUT2D eigenvalue weighted by Gasteiger charge is -2.40. The Bertz CT molecular complexity index is 1200. The quantitative estimate of drug-likeness (QED) is 0.690. The molecule has 0 saturated heterocycles. The van der Waals surface area contributed by atoms with Gasteiger partial charge in [0.25, 0.3) is 5.91 Å². The second kappa shape index (κ2) is 8.31. The summed E-state index contributed by atoms with van der Waals surface area (Å²) in [5, 5.41) is 11.4. The van der Waals surface area contributed by atoms with Crippen molar-refractivity contribution in [3.63, 3.8) is 0 Å². The van der Waals surface area contributed by atoms with E-state index in [0.717, 1.165) is 12.1 Å². The number of nitriles is 1. The lowest BCUT2D eigenvalue weighted by molar-refractivity contribution is 0.102. The third-order valence-corrected chi connectivity index (χ3v) is 5.96. The van der Waals surface area contributed by atoms with E-state index in [1.807, 2.05) is 6.07 Å². The Morgan fingerprint density at radius 1 is 1.34 bits per heavy atom. The predicted molar refractivity (Wildman–Crippen MR) is 118 cm³/mol. The molecular formula is C22H20F3N5OS. The van der Waals surface area contributed by atoms with Gasteiger partial charge in [0.1, 0.15) is 23.1 Å². The molecular weight excluding hydrogens is 439 g/mol. The zero-order chi connectivity index (χ0) is 23.8. The maximum absolute atomic E-state index is 14.9. The van der Waals surface area contributed by atoms with Crippen LogP contribution < -0.4 is 11.1 Å². The van der Waals surface area contributed by atoms with E-state index in [2.05, 4.69) is 21.9 Å².